The van der Waals surface area contributed by atoms with Crippen molar-refractivity contribution in [2.24, 2.45) is 0 Å². The molecule has 2 aromatic rings. The Morgan fingerprint density at radius 2 is 2.10 bits per heavy atom. The number of carbonyl (C=O) groups is 1. The molecule has 102 valence electrons. The molecule has 0 saturated heterocycles. The Morgan fingerprint density at radius 1 is 1.25 bits per heavy atom. The van der Waals surface area contributed by atoms with E-state index in [4.69, 9.17) is 11.6 Å². The number of hydrogen-bond acceptors (Lipinski definition) is 2. The van der Waals surface area contributed by atoms with Gasteiger partial charge in [-0.2, -0.15) is 0 Å². The van der Waals surface area contributed by atoms with Crippen LogP contribution < -0.4 is 10.6 Å². The van der Waals surface area contributed by atoms with Gasteiger partial charge in [0.15, 0.2) is 0 Å². The maximum absolute atomic E-state index is 13.2. The minimum absolute atomic E-state index is 0.273. The van der Waals surface area contributed by atoms with Crippen molar-refractivity contribution in [3.05, 3.63) is 58.4 Å². The lowest BCUT2D eigenvalue weighted by Crippen LogP contribution is -2.12. The average Bonchev–Trinajstić information content (AvgIpc) is 2.90. The molecule has 2 N–H and O–H groups in total. The zero-order valence-corrected chi connectivity index (χ0v) is 11.3. The summed E-state index contributed by atoms with van der Waals surface area (Å²) in [6, 6.07) is 9.33. The number of hydrogen-bond donors (Lipinski definition) is 2. The largest absolute Gasteiger partial charge is 0.384 e. The lowest BCUT2D eigenvalue weighted by atomic mass is 10.1. The Labute approximate surface area is 120 Å². The summed E-state index contributed by atoms with van der Waals surface area (Å²) in [6.45, 7) is 0.885. The molecule has 5 heteroatoms. The van der Waals surface area contributed by atoms with Crippen LogP contribution in [0.1, 0.15) is 15.9 Å². The van der Waals surface area contributed by atoms with Crippen molar-refractivity contribution in [1.29, 1.82) is 0 Å². The first-order valence-corrected chi connectivity index (χ1v) is 6.64. The maximum atomic E-state index is 13.2. The van der Waals surface area contributed by atoms with Gasteiger partial charge in [0.1, 0.15) is 5.82 Å². The highest BCUT2D eigenvalue weighted by molar-refractivity contribution is 6.33. The summed E-state index contributed by atoms with van der Waals surface area (Å²) < 4.78 is 13.2. The second-order valence-corrected chi connectivity index (χ2v) is 5.03. The molecule has 0 saturated carbocycles. The second-order valence-electron chi connectivity index (χ2n) is 4.63. The third-order valence-electron chi connectivity index (χ3n) is 3.25. The molecule has 20 heavy (non-hydrogen) atoms. The molecule has 0 bridgehead atoms. The topological polar surface area (TPSA) is 41.1 Å². The van der Waals surface area contributed by atoms with Crippen LogP contribution in [0.5, 0.6) is 0 Å². The van der Waals surface area contributed by atoms with E-state index in [0.717, 1.165) is 24.2 Å². The Hall–Kier alpha value is -2.07. The molecule has 1 aliphatic rings. The molecule has 3 rings (SSSR count). The number of halogens is 2. The Bertz CT molecular complexity index is 688. The van der Waals surface area contributed by atoms with Crippen LogP contribution in [0.2, 0.25) is 5.02 Å². The summed E-state index contributed by atoms with van der Waals surface area (Å²) >= 11 is 5.93. The van der Waals surface area contributed by atoms with Gasteiger partial charge in [-0.05, 0) is 48.4 Å². The van der Waals surface area contributed by atoms with E-state index >= 15 is 0 Å². The molecular weight excluding hydrogens is 279 g/mol. The minimum atomic E-state index is -0.442. The van der Waals surface area contributed by atoms with Gasteiger partial charge >= 0.3 is 0 Å². The number of fused-ring (bicyclic) bond motifs is 1. The minimum Gasteiger partial charge on any atom is -0.384 e. The van der Waals surface area contributed by atoms with Crippen LogP contribution in [-0.2, 0) is 6.42 Å². The van der Waals surface area contributed by atoms with E-state index in [1.165, 1.54) is 18.2 Å². The van der Waals surface area contributed by atoms with Gasteiger partial charge in [0.2, 0.25) is 0 Å². The molecule has 0 spiro atoms. The second kappa shape index (κ2) is 5.13. The van der Waals surface area contributed by atoms with Gasteiger partial charge in [-0.1, -0.05) is 11.6 Å². The quantitative estimate of drug-likeness (QED) is 0.885. The molecular formula is C15H12ClFN2O. The SMILES string of the molecule is O=C(Nc1cc(F)ccc1Cl)c1ccc2c(c1)CCN2. The predicted octanol–water partition coefficient (Wildman–Crippen LogP) is 3.70. The summed E-state index contributed by atoms with van der Waals surface area (Å²) in [5.41, 5.74) is 2.98. The fraction of sp³-hybridized carbons (Fsp3) is 0.133. The van der Waals surface area contributed by atoms with E-state index in [0.29, 0.717) is 10.6 Å². The van der Waals surface area contributed by atoms with E-state index in [1.807, 2.05) is 12.1 Å². The van der Waals surface area contributed by atoms with Gasteiger partial charge in [-0.15, -0.1) is 0 Å². The third-order valence-corrected chi connectivity index (χ3v) is 3.58. The Kier molecular flexibility index (Phi) is 3.32. The summed E-state index contributed by atoms with van der Waals surface area (Å²) in [4.78, 5) is 12.2. The van der Waals surface area contributed by atoms with Crippen molar-refractivity contribution in [3.63, 3.8) is 0 Å². The van der Waals surface area contributed by atoms with Crippen LogP contribution in [0, 0.1) is 5.82 Å². The predicted molar refractivity (Wildman–Crippen MR) is 78.0 cm³/mol. The fourth-order valence-corrected chi connectivity index (χ4v) is 2.40. The molecule has 3 nitrogen and oxygen atoms in total. The lowest BCUT2D eigenvalue weighted by Gasteiger charge is -2.08. The van der Waals surface area contributed by atoms with Crippen LogP contribution in [0.3, 0.4) is 0 Å². The van der Waals surface area contributed by atoms with Gasteiger partial charge in [-0.3, -0.25) is 4.79 Å². The van der Waals surface area contributed by atoms with E-state index in [1.54, 1.807) is 6.07 Å². The number of benzene rings is 2. The molecule has 1 heterocycles. The molecule has 0 atom stereocenters. The van der Waals surface area contributed by atoms with E-state index in [2.05, 4.69) is 10.6 Å². The van der Waals surface area contributed by atoms with Crippen molar-refractivity contribution in [1.82, 2.24) is 0 Å². The molecule has 0 fully saturated rings. The van der Waals surface area contributed by atoms with Crippen LogP contribution in [0.4, 0.5) is 15.8 Å². The maximum Gasteiger partial charge on any atom is 0.255 e. The number of rotatable bonds is 2. The lowest BCUT2D eigenvalue weighted by molar-refractivity contribution is 0.102. The smallest absolute Gasteiger partial charge is 0.255 e. The van der Waals surface area contributed by atoms with Crippen molar-refractivity contribution < 1.29 is 9.18 Å². The first-order chi connectivity index (χ1) is 9.63. The highest BCUT2D eigenvalue weighted by Gasteiger charge is 2.14. The highest BCUT2D eigenvalue weighted by atomic mass is 35.5. The molecule has 2 aromatic carbocycles. The first-order valence-electron chi connectivity index (χ1n) is 6.27. The molecule has 0 radical (unpaired) electrons. The Morgan fingerprint density at radius 3 is 2.95 bits per heavy atom. The summed E-state index contributed by atoms with van der Waals surface area (Å²) in [5, 5.41) is 6.17. The van der Waals surface area contributed by atoms with E-state index in [-0.39, 0.29) is 11.6 Å². The molecule has 1 aliphatic heterocycles. The Balaban J connectivity index is 1.84. The van der Waals surface area contributed by atoms with Gasteiger partial charge in [0, 0.05) is 17.8 Å². The van der Waals surface area contributed by atoms with Crippen LogP contribution in [0.15, 0.2) is 36.4 Å². The van der Waals surface area contributed by atoms with Crippen LogP contribution in [0.25, 0.3) is 0 Å². The zero-order chi connectivity index (χ0) is 14.1. The standard InChI is InChI=1S/C15H12ClFN2O/c16-12-3-2-11(17)8-14(12)19-15(20)10-1-4-13-9(7-10)5-6-18-13/h1-4,7-8,18H,5-6H2,(H,19,20). The van der Waals surface area contributed by atoms with Gasteiger partial charge in [-0.25, -0.2) is 4.39 Å². The summed E-state index contributed by atoms with van der Waals surface area (Å²) in [7, 11) is 0. The van der Waals surface area contributed by atoms with Crippen molar-refractivity contribution in [2.75, 3.05) is 17.2 Å². The van der Waals surface area contributed by atoms with E-state index < -0.39 is 5.82 Å². The van der Waals surface area contributed by atoms with Crippen molar-refractivity contribution >= 4 is 28.9 Å². The highest BCUT2D eigenvalue weighted by Crippen LogP contribution is 2.25. The molecule has 0 aliphatic carbocycles. The van der Waals surface area contributed by atoms with Crippen molar-refractivity contribution in [2.45, 2.75) is 6.42 Å². The van der Waals surface area contributed by atoms with Gasteiger partial charge in [0.05, 0.1) is 10.7 Å². The summed E-state index contributed by atoms with van der Waals surface area (Å²) in [6.07, 6.45) is 0.900. The normalized spacial score (nSPS) is 12.7. The van der Waals surface area contributed by atoms with Gasteiger partial charge < -0.3 is 10.6 Å². The molecule has 0 aromatic heterocycles. The number of amides is 1. The van der Waals surface area contributed by atoms with Gasteiger partial charge in [0.25, 0.3) is 5.91 Å². The monoisotopic (exact) mass is 290 g/mol. The zero-order valence-electron chi connectivity index (χ0n) is 10.5. The number of carbonyl (C=O) groups excluding carboxylic acids is 1. The fourth-order valence-electron chi connectivity index (χ4n) is 2.23. The first kappa shape index (κ1) is 12.9. The van der Waals surface area contributed by atoms with E-state index in [9.17, 15) is 9.18 Å². The third kappa shape index (κ3) is 2.47. The molecule has 1 amide bonds. The molecule has 0 unspecified atom stereocenters. The number of anilines is 2. The van der Waals surface area contributed by atoms with Crippen molar-refractivity contribution in [3.8, 4) is 0 Å². The van der Waals surface area contributed by atoms with Crippen LogP contribution >= 0.6 is 11.6 Å². The summed E-state index contributed by atoms with van der Waals surface area (Å²) in [5.74, 6) is -0.741. The average molecular weight is 291 g/mol. The number of nitrogens with one attached hydrogen (secondary N) is 2. The van der Waals surface area contributed by atoms with Crippen LogP contribution in [-0.4, -0.2) is 12.5 Å².